The predicted molar refractivity (Wildman–Crippen MR) is 143 cm³/mol. The zero-order chi connectivity index (χ0) is 21.6. The summed E-state index contributed by atoms with van der Waals surface area (Å²) in [5.74, 6) is 0. The smallest absolute Gasteiger partial charge is 0.0676 e. The maximum absolute atomic E-state index is 6.06. The lowest BCUT2D eigenvalue weighted by atomic mass is 9.85. The van der Waals surface area contributed by atoms with Crippen LogP contribution in [-0.2, 0) is 0 Å². The molecule has 4 heteroatoms. The first-order valence-electron chi connectivity index (χ1n) is 10.3. The lowest BCUT2D eigenvalue weighted by Gasteiger charge is -2.37. The third kappa shape index (κ3) is 3.78. The van der Waals surface area contributed by atoms with E-state index in [-0.39, 0.29) is 5.54 Å². The third-order valence-electron chi connectivity index (χ3n) is 5.56. The van der Waals surface area contributed by atoms with Crippen LogP contribution in [0.1, 0.15) is 36.1 Å². The highest BCUT2D eigenvalue weighted by molar-refractivity contribution is 8.34. The number of aryl methyl sites for hydroxylation is 1. The zero-order valence-corrected chi connectivity index (χ0v) is 20.2. The fourth-order valence-electron chi connectivity index (χ4n) is 3.96. The van der Waals surface area contributed by atoms with E-state index in [2.05, 4.69) is 105 Å². The summed E-state index contributed by atoms with van der Waals surface area (Å²) < 4.78 is 1.27. The molecule has 0 amide bonds. The number of nitrogens with one attached hydrogen (secondary N) is 1. The van der Waals surface area contributed by atoms with Crippen LogP contribution in [0.25, 0.3) is 15.4 Å². The van der Waals surface area contributed by atoms with Crippen molar-refractivity contribution in [2.45, 2.75) is 26.3 Å². The molecular formula is C27H23NS3. The van der Waals surface area contributed by atoms with E-state index in [0.29, 0.717) is 0 Å². The standard InChI is InChI=1S/C27H23NS3/c1-17-14-15-21-20(16-17)22(25(29)27(2,3)28-21)26-30-23(18-10-6-4-7-11-18)24(31-26)19-12-8-5-9-13-19/h4-16,28H,1-3H3. The van der Waals surface area contributed by atoms with Gasteiger partial charge in [-0.15, -0.1) is 0 Å². The van der Waals surface area contributed by atoms with Crippen LogP contribution in [0.3, 0.4) is 0 Å². The van der Waals surface area contributed by atoms with E-state index < -0.39 is 0 Å². The minimum atomic E-state index is -0.274. The predicted octanol–water partition coefficient (Wildman–Crippen LogP) is 8.24. The second kappa shape index (κ2) is 8.01. The Morgan fingerprint density at radius 1 is 0.774 bits per heavy atom. The molecule has 154 valence electrons. The van der Waals surface area contributed by atoms with E-state index in [1.807, 2.05) is 23.5 Å². The lowest BCUT2D eigenvalue weighted by Crippen LogP contribution is -2.43. The lowest BCUT2D eigenvalue weighted by molar-refractivity contribution is 0.768. The maximum Gasteiger partial charge on any atom is 0.0676 e. The molecule has 0 aliphatic carbocycles. The van der Waals surface area contributed by atoms with Crippen LogP contribution in [0, 0.1) is 6.92 Å². The molecule has 0 saturated heterocycles. The Morgan fingerprint density at radius 2 is 1.32 bits per heavy atom. The van der Waals surface area contributed by atoms with Gasteiger partial charge in [0.25, 0.3) is 0 Å². The van der Waals surface area contributed by atoms with Crippen LogP contribution >= 0.6 is 35.7 Å². The average Bonchev–Trinajstić information content (AvgIpc) is 3.21. The first kappa shape index (κ1) is 20.6. The molecule has 3 aromatic rings. The molecule has 2 heterocycles. The summed E-state index contributed by atoms with van der Waals surface area (Å²) in [4.78, 5) is 3.57. The van der Waals surface area contributed by atoms with E-state index in [1.54, 1.807) is 0 Å². The molecule has 31 heavy (non-hydrogen) atoms. The van der Waals surface area contributed by atoms with Gasteiger partial charge in [0, 0.05) is 31.5 Å². The van der Waals surface area contributed by atoms with Gasteiger partial charge in [-0.3, -0.25) is 0 Å². The van der Waals surface area contributed by atoms with Crippen molar-refractivity contribution in [2.24, 2.45) is 0 Å². The number of thiocarbonyl (C=S) groups is 1. The molecule has 0 unspecified atom stereocenters. The van der Waals surface area contributed by atoms with Crippen molar-refractivity contribution in [2.75, 3.05) is 5.32 Å². The van der Waals surface area contributed by atoms with Gasteiger partial charge in [0.05, 0.1) is 9.78 Å². The largest absolute Gasteiger partial charge is 0.375 e. The number of rotatable bonds is 2. The van der Waals surface area contributed by atoms with Gasteiger partial charge >= 0.3 is 0 Å². The summed E-state index contributed by atoms with van der Waals surface area (Å²) >= 11 is 9.77. The summed E-state index contributed by atoms with van der Waals surface area (Å²) in [5.41, 5.74) is 7.03. The minimum absolute atomic E-state index is 0.274. The van der Waals surface area contributed by atoms with E-state index >= 15 is 0 Å². The second-order valence-corrected chi connectivity index (χ2v) is 11.1. The van der Waals surface area contributed by atoms with Gasteiger partial charge < -0.3 is 5.32 Å². The molecule has 0 atom stereocenters. The Labute approximate surface area is 198 Å². The molecule has 0 spiro atoms. The molecule has 0 saturated carbocycles. The molecule has 1 nitrogen and oxygen atoms in total. The SMILES string of the molecule is Cc1ccc2c(c1)C(=C1SC(c3ccccc3)=C(c3ccccc3)S1)C(=S)C(C)(C)N2. The van der Waals surface area contributed by atoms with Crippen molar-refractivity contribution < 1.29 is 0 Å². The second-order valence-electron chi connectivity index (χ2n) is 8.39. The van der Waals surface area contributed by atoms with Gasteiger partial charge in [0.15, 0.2) is 0 Å². The quantitative estimate of drug-likeness (QED) is 0.307. The number of hydrogen-bond donors (Lipinski definition) is 1. The van der Waals surface area contributed by atoms with Crippen molar-refractivity contribution >= 4 is 61.7 Å². The molecule has 0 radical (unpaired) electrons. The number of fused-ring (bicyclic) bond motifs is 1. The van der Waals surface area contributed by atoms with Crippen LogP contribution in [0.2, 0.25) is 0 Å². The van der Waals surface area contributed by atoms with Gasteiger partial charge in [-0.05, 0) is 44.0 Å². The molecule has 0 bridgehead atoms. The molecule has 5 rings (SSSR count). The van der Waals surface area contributed by atoms with Crippen LogP contribution in [-0.4, -0.2) is 10.4 Å². The number of benzene rings is 3. The Bertz CT molecular complexity index is 1180. The van der Waals surface area contributed by atoms with Gasteiger partial charge in [-0.1, -0.05) is 108 Å². The third-order valence-corrected chi connectivity index (χ3v) is 8.97. The highest BCUT2D eigenvalue weighted by Gasteiger charge is 2.37. The van der Waals surface area contributed by atoms with Crippen LogP contribution < -0.4 is 5.32 Å². The van der Waals surface area contributed by atoms with Gasteiger partial charge in [-0.2, -0.15) is 0 Å². The fraction of sp³-hybridized carbons (Fsp3) is 0.148. The Kier molecular flexibility index (Phi) is 5.33. The normalized spacial score (nSPS) is 17.6. The molecule has 0 aromatic heterocycles. The van der Waals surface area contributed by atoms with E-state index in [9.17, 15) is 0 Å². The minimum Gasteiger partial charge on any atom is -0.375 e. The molecular weight excluding hydrogens is 435 g/mol. The average molecular weight is 458 g/mol. The van der Waals surface area contributed by atoms with Crippen LogP contribution in [0.5, 0.6) is 0 Å². The van der Waals surface area contributed by atoms with Crippen molar-refractivity contribution in [1.82, 2.24) is 0 Å². The number of anilines is 1. The van der Waals surface area contributed by atoms with Gasteiger partial charge in [-0.25, -0.2) is 0 Å². The maximum atomic E-state index is 6.06. The first-order chi connectivity index (χ1) is 14.9. The summed E-state index contributed by atoms with van der Waals surface area (Å²) in [6.07, 6.45) is 0. The zero-order valence-electron chi connectivity index (χ0n) is 17.7. The molecule has 3 aromatic carbocycles. The van der Waals surface area contributed by atoms with Crippen molar-refractivity contribution in [3.63, 3.8) is 0 Å². The van der Waals surface area contributed by atoms with Crippen molar-refractivity contribution in [1.29, 1.82) is 0 Å². The summed E-state index contributed by atoms with van der Waals surface area (Å²) in [7, 11) is 0. The van der Waals surface area contributed by atoms with Crippen LogP contribution in [0.4, 0.5) is 5.69 Å². The number of thioether (sulfide) groups is 2. The van der Waals surface area contributed by atoms with E-state index in [1.165, 1.54) is 41.9 Å². The van der Waals surface area contributed by atoms with Crippen molar-refractivity contribution in [3.05, 3.63) is 105 Å². The van der Waals surface area contributed by atoms with Gasteiger partial charge in [0.2, 0.25) is 0 Å². The first-order valence-corrected chi connectivity index (χ1v) is 12.4. The van der Waals surface area contributed by atoms with E-state index in [4.69, 9.17) is 12.2 Å². The number of hydrogen-bond acceptors (Lipinski definition) is 4. The van der Waals surface area contributed by atoms with Gasteiger partial charge in [0.1, 0.15) is 0 Å². The molecule has 2 aliphatic heterocycles. The summed E-state index contributed by atoms with van der Waals surface area (Å²) in [6.45, 7) is 6.49. The Morgan fingerprint density at radius 3 is 1.87 bits per heavy atom. The fourth-order valence-corrected chi connectivity index (χ4v) is 7.20. The molecule has 2 aliphatic rings. The monoisotopic (exact) mass is 457 g/mol. The highest BCUT2D eigenvalue weighted by atomic mass is 32.2. The highest BCUT2D eigenvalue weighted by Crippen LogP contribution is 2.60. The van der Waals surface area contributed by atoms with Crippen molar-refractivity contribution in [3.8, 4) is 0 Å². The summed E-state index contributed by atoms with van der Waals surface area (Å²) in [6, 6.07) is 28.0. The van der Waals surface area contributed by atoms with E-state index in [0.717, 1.165) is 10.6 Å². The van der Waals surface area contributed by atoms with Crippen LogP contribution in [0.15, 0.2) is 83.1 Å². The Hall–Kier alpha value is -2.27. The molecule has 0 fully saturated rings. The summed E-state index contributed by atoms with van der Waals surface area (Å²) in [5, 5.41) is 3.64. The molecule has 1 N–H and O–H groups in total. The topological polar surface area (TPSA) is 12.0 Å². The Balaban J connectivity index is 1.71.